The van der Waals surface area contributed by atoms with Crippen LogP contribution in [0.3, 0.4) is 0 Å². The van der Waals surface area contributed by atoms with Gasteiger partial charge in [-0.05, 0) is 41.5 Å². The summed E-state index contributed by atoms with van der Waals surface area (Å²) < 4.78 is 13.5. The minimum absolute atomic E-state index is 0.0414. The minimum Gasteiger partial charge on any atom is -0.354 e. The average molecular weight is 415 g/mol. The summed E-state index contributed by atoms with van der Waals surface area (Å²) >= 11 is 0. The number of para-hydroxylation sites is 1. The van der Waals surface area contributed by atoms with E-state index in [4.69, 9.17) is 4.98 Å². The van der Waals surface area contributed by atoms with Crippen molar-refractivity contribution in [1.29, 1.82) is 0 Å². The second-order valence-corrected chi connectivity index (χ2v) is 9.41. The van der Waals surface area contributed by atoms with E-state index in [2.05, 4.69) is 53.8 Å². The summed E-state index contributed by atoms with van der Waals surface area (Å²) in [6.45, 7) is 9.06. The number of nitrogens with zero attached hydrogens (tertiary/aromatic N) is 3. The Hall–Kier alpha value is -3.05. The van der Waals surface area contributed by atoms with Gasteiger partial charge in [0.05, 0.1) is 5.69 Å². The molecule has 0 atom stereocenters. The maximum atomic E-state index is 13.5. The maximum absolute atomic E-state index is 13.5. The van der Waals surface area contributed by atoms with Crippen LogP contribution < -0.4 is 0 Å². The van der Waals surface area contributed by atoms with Crippen LogP contribution in [0, 0.1) is 5.82 Å². The number of hydrogen-bond acceptors (Lipinski definition) is 3. The molecule has 31 heavy (non-hydrogen) atoms. The third-order valence-corrected chi connectivity index (χ3v) is 6.01. The third kappa shape index (κ3) is 3.86. The summed E-state index contributed by atoms with van der Waals surface area (Å²) in [5, 5.41) is 1.21. The van der Waals surface area contributed by atoms with Crippen LogP contribution >= 0.6 is 0 Å². The molecule has 3 heterocycles. The van der Waals surface area contributed by atoms with Gasteiger partial charge < -0.3 is 4.98 Å². The number of rotatable bonds is 3. The molecular formula is C26H27FN4. The number of aromatic nitrogens is 3. The standard InChI is InChI=1S/C26H27FN4/c1-26(2,3)25-28-14-18-15-31(13-12-22(18)30-25)16-21-20-6-4-5-7-23(20)29-24(21)17-8-10-19(27)11-9-17/h4-11,14,29H,12-13,15-16H2,1-3H3. The molecular weight excluding hydrogens is 387 g/mol. The summed E-state index contributed by atoms with van der Waals surface area (Å²) in [7, 11) is 0. The van der Waals surface area contributed by atoms with Crippen molar-refractivity contribution in [3.8, 4) is 11.3 Å². The van der Waals surface area contributed by atoms with E-state index in [1.54, 1.807) is 0 Å². The Bertz CT molecular complexity index is 1230. The zero-order valence-electron chi connectivity index (χ0n) is 18.2. The zero-order chi connectivity index (χ0) is 21.6. The van der Waals surface area contributed by atoms with Crippen LogP contribution in [0.15, 0.2) is 54.7 Å². The van der Waals surface area contributed by atoms with Crippen LogP contribution in [0.5, 0.6) is 0 Å². The highest BCUT2D eigenvalue weighted by molar-refractivity contribution is 5.90. The Morgan fingerprint density at radius 2 is 1.84 bits per heavy atom. The maximum Gasteiger partial charge on any atom is 0.133 e. The molecule has 0 amide bonds. The van der Waals surface area contributed by atoms with Crippen molar-refractivity contribution in [2.75, 3.05) is 6.54 Å². The first-order valence-corrected chi connectivity index (χ1v) is 10.8. The van der Waals surface area contributed by atoms with Crippen LogP contribution in [0.25, 0.3) is 22.2 Å². The normalized spacial score (nSPS) is 14.7. The fourth-order valence-electron chi connectivity index (χ4n) is 4.32. The first kappa shape index (κ1) is 19.9. The Morgan fingerprint density at radius 3 is 2.61 bits per heavy atom. The second kappa shape index (κ2) is 7.57. The Labute approximate surface area is 182 Å². The van der Waals surface area contributed by atoms with Gasteiger partial charge in [0.2, 0.25) is 0 Å². The van der Waals surface area contributed by atoms with Crippen molar-refractivity contribution in [1.82, 2.24) is 19.9 Å². The molecule has 0 aliphatic carbocycles. The average Bonchev–Trinajstić information content (AvgIpc) is 3.11. The van der Waals surface area contributed by atoms with Gasteiger partial charge >= 0.3 is 0 Å². The van der Waals surface area contributed by atoms with Crippen molar-refractivity contribution in [2.45, 2.75) is 45.7 Å². The van der Waals surface area contributed by atoms with Gasteiger partial charge in [-0.1, -0.05) is 39.0 Å². The quantitative estimate of drug-likeness (QED) is 0.473. The minimum atomic E-state index is -0.219. The van der Waals surface area contributed by atoms with E-state index in [0.29, 0.717) is 0 Å². The molecule has 0 saturated carbocycles. The van der Waals surface area contributed by atoms with Crippen molar-refractivity contribution in [3.63, 3.8) is 0 Å². The van der Waals surface area contributed by atoms with E-state index >= 15 is 0 Å². The van der Waals surface area contributed by atoms with Crippen LogP contribution in [-0.2, 0) is 24.9 Å². The predicted molar refractivity (Wildman–Crippen MR) is 122 cm³/mol. The summed E-state index contributed by atoms with van der Waals surface area (Å²) in [6, 6.07) is 15.1. The highest BCUT2D eigenvalue weighted by atomic mass is 19.1. The lowest BCUT2D eigenvalue weighted by molar-refractivity contribution is 0.243. The number of H-pyrrole nitrogens is 1. The van der Waals surface area contributed by atoms with Gasteiger partial charge in [0.1, 0.15) is 11.6 Å². The molecule has 1 aliphatic rings. The lowest BCUT2D eigenvalue weighted by Crippen LogP contribution is -2.32. The van der Waals surface area contributed by atoms with Crippen LogP contribution in [0.1, 0.15) is 43.4 Å². The topological polar surface area (TPSA) is 44.8 Å². The first-order chi connectivity index (χ1) is 14.9. The second-order valence-electron chi connectivity index (χ2n) is 9.41. The molecule has 2 aromatic heterocycles. The lowest BCUT2D eigenvalue weighted by atomic mass is 9.95. The van der Waals surface area contributed by atoms with Gasteiger partial charge in [0, 0.05) is 59.8 Å². The van der Waals surface area contributed by atoms with E-state index in [9.17, 15) is 4.39 Å². The van der Waals surface area contributed by atoms with Crippen LogP contribution in [0.4, 0.5) is 4.39 Å². The van der Waals surface area contributed by atoms with Gasteiger partial charge in [0.15, 0.2) is 0 Å². The fraction of sp³-hybridized carbons (Fsp3) is 0.308. The highest BCUT2D eigenvalue weighted by Gasteiger charge is 2.24. The summed E-state index contributed by atoms with van der Waals surface area (Å²) in [4.78, 5) is 15.5. The monoisotopic (exact) mass is 414 g/mol. The number of aromatic amines is 1. The van der Waals surface area contributed by atoms with E-state index in [0.717, 1.165) is 48.7 Å². The van der Waals surface area contributed by atoms with Gasteiger partial charge in [-0.15, -0.1) is 0 Å². The molecule has 5 rings (SSSR count). The highest BCUT2D eigenvalue weighted by Crippen LogP contribution is 2.33. The van der Waals surface area contributed by atoms with Gasteiger partial charge in [-0.25, -0.2) is 14.4 Å². The van der Waals surface area contributed by atoms with E-state index in [1.807, 2.05) is 24.4 Å². The van der Waals surface area contributed by atoms with E-state index in [1.165, 1.54) is 34.3 Å². The van der Waals surface area contributed by atoms with Crippen LogP contribution in [-0.4, -0.2) is 26.4 Å². The molecule has 158 valence electrons. The molecule has 0 unspecified atom stereocenters. The molecule has 4 nitrogen and oxygen atoms in total. The number of nitrogens with one attached hydrogen (secondary N) is 1. The number of hydrogen-bond donors (Lipinski definition) is 1. The van der Waals surface area contributed by atoms with E-state index < -0.39 is 0 Å². The van der Waals surface area contributed by atoms with Crippen molar-refractivity contribution in [3.05, 3.63) is 83.2 Å². The summed E-state index contributed by atoms with van der Waals surface area (Å²) in [6.07, 6.45) is 2.93. The molecule has 1 aliphatic heterocycles. The summed E-state index contributed by atoms with van der Waals surface area (Å²) in [5.41, 5.74) is 6.76. The molecule has 0 spiro atoms. The molecule has 0 saturated heterocycles. The smallest absolute Gasteiger partial charge is 0.133 e. The van der Waals surface area contributed by atoms with Gasteiger partial charge in [-0.2, -0.15) is 0 Å². The molecule has 1 N–H and O–H groups in total. The summed E-state index contributed by atoms with van der Waals surface area (Å²) in [5.74, 6) is 0.693. The zero-order valence-corrected chi connectivity index (χ0v) is 18.2. The van der Waals surface area contributed by atoms with Crippen molar-refractivity contribution < 1.29 is 4.39 Å². The molecule has 2 aromatic carbocycles. The number of benzene rings is 2. The van der Waals surface area contributed by atoms with Crippen LogP contribution in [0.2, 0.25) is 0 Å². The lowest BCUT2D eigenvalue weighted by Gasteiger charge is -2.29. The van der Waals surface area contributed by atoms with E-state index in [-0.39, 0.29) is 11.2 Å². The Balaban J connectivity index is 1.47. The fourth-order valence-corrected chi connectivity index (χ4v) is 4.32. The molecule has 0 fully saturated rings. The van der Waals surface area contributed by atoms with Gasteiger partial charge in [0.25, 0.3) is 0 Å². The van der Waals surface area contributed by atoms with Crippen molar-refractivity contribution >= 4 is 10.9 Å². The Morgan fingerprint density at radius 1 is 1.06 bits per heavy atom. The molecule has 0 bridgehead atoms. The largest absolute Gasteiger partial charge is 0.354 e. The Kier molecular flexibility index (Phi) is 4.86. The third-order valence-electron chi connectivity index (χ3n) is 6.01. The van der Waals surface area contributed by atoms with Crippen molar-refractivity contribution in [2.24, 2.45) is 0 Å². The molecule has 0 radical (unpaired) electrons. The number of fused-ring (bicyclic) bond motifs is 2. The van der Waals surface area contributed by atoms with Gasteiger partial charge in [-0.3, -0.25) is 4.90 Å². The molecule has 4 aromatic rings. The molecule has 5 heteroatoms. The first-order valence-electron chi connectivity index (χ1n) is 10.8. The predicted octanol–water partition coefficient (Wildman–Crippen LogP) is 5.62. The number of halogens is 1. The SMILES string of the molecule is CC(C)(C)c1ncc2c(n1)CCN(Cc1c(-c3ccc(F)cc3)[nH]c3ccccc13)C2.